The Morgan fingerprint density at radius 2 is 1.90 bits per heavy atom. The molecule has 1 unspecified atom stereocenters. The lowest BCUT2D eigenvalue weighted by atomic mass is 10.1. The van der Waals surface area contributed by atoms with Crippen molar-refractivity contribution in [3.8, 4) is 0 Å². The second-order valence-electron chi connectivity index (χ2n) is 4.40. The second-order valence-corrected chi connectivity index (χ2v) is 5.18. The van der Waals surface area contributed by atoms with Gasteiger partial charge in [0.25, 0.3) is 0 Å². The molecule has 0 amide bonds. The van der Waals surface area contributed by atoms with Crippen molar-refractivity contribution >= 4 is 34.9 Å². The molecule has 104 valence electrons. The first-order valence-corrected chi connectivity index (χ1v) is 6.78. The largest absolute Gasteiger partial charge is 0.478 e. The monoisotopic (exact) mass is 309 g/mol. The Balaban J connectivity index is 2.23. The average molecular weight is 310 g/mol. The molecule has 0 spiro atoms. The summed E-state index contributed by atoms with van der Waals surface area (Å²) in [6.45, 7) is 1.94. The standard InChI is InChI=1S/C15H13Cl2NO2/c1-9(12-6-3-7-13(16)14(12)17)18-11-5-2-4-10(8-11)15(19)20/h2-9,18H,1H3,(H,19,20). The second kappa shape index (κ2) is 6.16. The maximum atomic E-state index is 10.9. The van der Waals surface area contributed by atoms with Crippen LogP contribution >= 0.6 is 23.2 Å². The Morgan fingerprint density at radius 1 is 1.20 bits per heavy atom. The topological polar surface area (TPSA) is 49.3 Å². The van der Waals surface area contributed by atoms with Gasteiger partial charge in [0.15, 0.2) is 0 Å². The summed E-state index contributed by atoms with van der Waals surface area (Å²) in [7, 11) is 0. The number of carboxylic acid groups (broad SMARTS) is 1. The smallest absolute Gasteiger partial charge is 0.335 e. The summed E-state index contributed by atoms with van der Waals surface area (Å²) in [4.78, 5) is 10.9. The van der Waals surface area contributed by atoms with Gasteiger partial charge in [-0.25, -0.2) is 4.79 Å². The van der Waals surface area contributed by atoms with E-state index in [1.54, 1.807) is 30.3 Å². The number of carbonyl (C=O) groups is 1. The molecular weight excluding hydrogens is 297 g/mol. The maximum absolute atomic E-state index is 10.9. The minimum atomic E-state index is -0.956. The van der Waals surface area contributed by atoms with Gasteiger partial charge >= 0.3 is 5.97 Å². The van der Waals surface area contributed by atoms with Crippen molar-refractivity contribution in [1.29, 1.82) is 0 Å². The number of nitrogens with one attached hydrogen (secondary N) is 1. The van der Waals surface area contributed by atoms with Crippen LogP contribution in [-0.4, -0.2) is 11.1 Å². The van der Waals surface area contributed by atoms with Crippen molar-refractivity contribution in [3.63, 3.8) is 0 Å². The van der Waals surface area contributed by atoms with Crippen LogP contribution in [0.2, 0.25) is 10.0 Å². The Kier molecular flexibility index (Phi) is 4.53. The molecule has 0 aliphatic rings. The predicted octanol–water partition coefficient (Wildman–Crippen LogP) is 4.86. The van der Waals surface area contributed by atoms with E-state index in [9.17, 15) is 4.79 Å². The zero-order chi connectivity index (χ0) is 14.7. The first-order chi connectivity index (χ1) is 9.49. The molecule has 2 aromatic rings. The average Bonchev–Trinajstić information content (AvgIpc) is 2.42. The zero-order valence-electron chi connectivity index (χ0n) is 10.7. The van der Waals surface area contributed by atoms with Gasteiger partial charge in [0, 0.05) is 5.69 Å². The molecule has 2 rings (SSSR count). The Morgan fingerprint density at radius 3 is 2.60 bits per heavy atom. The van der Waals surface area contributed by atoms with Crippen LogP contribution < -0.4 is 5.32 Å². The lowest BCUT2D eigenvalue weighted by Gasteiger charge is -2.17. The van der Waals surface area contributed by atoms with E-state index >= 15 is 0 Å². The number of hydrogen-bond acceptors (Lipinski definition) is 2. The van der Waals surface area contributed by atoms with Gasteiger partial charge in [0.1, 0.15) is 0 Å². The van der Waals surface area contributed by atoms with Gasteiger partial charge in [0.05, 0.1) is 21.7 Å². The van der Waals surface area contributed by atoms with Crippen LogP contribution in [-0.2, 0) is 0 Å². The highest BCUT2D eigenvalue weighted by atomic mass is 35.5. The summed E-state index contributed by atoms with van der Waals surface area (Å²) < 4.78 is 0. The lowest BCUT2D eigenvalue weighted by molar-refractivity contribution is 0.0697. The molecule has 0 bridgehead atoms. The molecular formula is C15H13Cl2NO2. The number of halogens is 2. The summed E-state index contributed by atoms with van der Waals surface area (Å²) in [6, 6.07) is 12.0. The lowest BCUT2D eigenvalue weighted by Crippen LogP contribution is -2.08. The van der Waals surface area contributed by atoms with Crippen LogP contribution in [0.15, 0.2) is 42.5 Å². The predicted molar refractivity (Wildman–Crippen MR) is 81.9 cm³/mol. The minimum Gasteiger partial charge on any atom is -0.478 e. The molecule has 0 aliphatic carbocycles. The van der Waals surface area contributed by atoms with Gasteiger partial charge in [0.2, 0.25) is 0 Å². The molecule has 0 aromatic heterocycles. The Hall–Kier alpha value is -1.71. The highest BCUT2D eigenvalue weighted by Gasteiger charge is 2.12. The molecule has 2 N–H and O–H groups in total. The molecule has 20 heavy (non-hydrogen) atoms. The van der Waals surface area contributed by atoms with Crippen LogP contribution in [0.4, 0.5) is 5.69 Å². The summed E-state index contributed by atoms with van der Waals surface area (Å²) in [6.07, 6.45) is 0. The summed E-state index contributed by atoms with van der Waals surface area (Å²) in [5.41, 5.74) is 1.81. The molecule has 0 fully saturated rings. The van der Waals surface area contributed by atoms with E-state index in [1.165, 1.54) is 0 Å². The summed E-state index contributed by atoms with van der Waals surface area (Å²) in [5, 5.41) is 13.2. The molecule has 0 aliphatic heterocycles. The third-order valence-electron chi connectivity index (χ3n) is 2.94. The van der Waals surface area contributed by atoms with E-state index in [0.29, 0.717) is 15.7 Å². The molecule has 2 aromatic carbocycles. The molecule has 3 nitrogen and oxygen atoms in total. The first-order valence-electron chi connectivity index (χ1n) is 6.03. The van der Waals surface area contributed by atoms with Crippen molar-refractivity contribution in [2.24, 2.45) is 0 Å². The molecule has 0 saturated heterocycles. The third kappa shape index (κ3) is 3.24. The molecule has 0 radical (unpaired) electrons. The van der Waals surface area contributed by atoms with E-state index in [1.807, 2.05) is 19.1 Å². The van der Waals surface area contributed by atoms with Crippen LogP contribution in [0, 0.1) is 0 Å². The number of carboxylic acids is 1. The van der Waals surface area contributed by atoms with Crippen molar-refractivity contribution in [2.75, 3.05) is 5.32 Å². The Bertz CT molecular complexity index is 644. The number of hydrogen-bond donors (Lipinski definition) is 2. The zero-order valence-corrected chi connectivity index (χ0v) is 12.2. The van der Waals surface area contributed by atoms with Gasteiger partial charge in [-0.15, -0.1) is 0 Å². The van der Waals surface area contributed by atoms with Crippen molar-refractivity contribution in [3.05, 3.63) is 63.6 Å². The van der Waals surface area contributed by atoms with Crippen molar-refractivity contribution in [2.45, 2.75) is 13.0 Å². The highest BCUT2D eigenvalue weighted by Crippen LogP contribution is 2.31. The SMILES string of the molecule is CC(Nc1cccc(C(=O)O)c1)c1cccc(Cl)c1Cl. The summed E-state index contributed by atoms with van der Waals surface area (Å²) >= 11 is 12.2. The highest BCUT2D eigenvalue weighted by molar-refractivity contribution is 6.42. The van der Waals surface area contributed by atoms with Crippen molar-refractivity contribution < 1.29 is 9.90 Å². The van der Waals surface area contributed by atoms with Gasteiger partial charge in [-0.3, -0.25) is 0 Å². The number of benzene rings is 2. The van der Waals surface area contributed by atoms with Gasteiger partial charge in [-0.1, -0.05) is 41.4 Å². The number of aromatic carboxylic acids is 1. The number of rotatable bonds is 4. The molecule has 1 atom stereocenters. The fourth-order valence-corrected chi connectivity index (χ4v) is 2.40. The quantitative estimate of drug-likeness (QED) is 0.847. The molecule has 5 heteroatoms. The van der Waals surface area contributed by atoms with Crippen LogP contribution in [0.3, 0.4) is 0 Å². The fourth-order valence-electron chi connectivity index (χ4n) is 1.92. The van der Waals surface area contributed by atoms with Gasteiger partial charge < -0.3 is 10.4 Å². The van der Waals surface area contributed by atoms with Crippen LogP contribution in [0.25, 0.3) is 0 Å². The van der Waals surface area contributed by atoms with Gasteiger partial charge in [-0.2, -0.15) is 0 Å². The fraction of sp³-hybridized carbons (Fsp3) is 0.133. The van der Waals surface area contributed by atoms with E-state index in [4.69, 9.17) is 28.3 Å². The maximum Gasteiger partial charge on any atom is 0.335 e. The minimum absolute atomic E-state index is 0.0924. The third-order valence-corrected chi connectivity index (χ3v) is 3.77. The molecule has 0 heterocycles. The Labute approximate surface area is 127 Å². The van der Waals surface area contributed by atoms with Crippen LogP contribution in [0.5, 0.6) is 0 Å². The van der Waals surface area contributed by atoms with E-state index < -0.39 is 5.97 Å². The van der Waals surface area contributed by atoms with E-state index in [-0.39, 0.29) is 11.6 Å². The van der Waals surface area contributed by atoms with E-state index in [2.05, 4.69) is 5.32 Å². The number of anilines is 1. The summed E-state index contributed by atoms with van der Waals surface area (Å²) in [5.74, 6) is -0.956. The normalized spacial score (nSPS) is 11.9. The van der Waals surface area contributed by atoms with Crippen LogP contribution in [0.1, 0.15) is 28.9 Å². The van der Waals surface area contributed by atoms with E-state index in [0.717, 1.165) is 5.56 Å². The molecule has 0 saturated carbocycles. The first kappa shape index (κ1) is 14.7. The van der Waals surface area contributed by atoms with Gasteiger partial charge in [-0.05, 0) is 36.8 Å². The van der Waals surface area contributed by atoms with Crippen molar-refractivity contribution in [1.82, 2.24) is 0 Å².